The van der Waals surface area contributed by atoms with E-state index in [1.165, 1.54) is 0 Å². The summed E-state index contributed by atoms with van der Waals surface area (Å²) in [4.78, 5) is 59.2. The maximum Gasteiger partial charge on any atom is 0.335 e. The summed E-state index contributed by atoms with van der Waals surface area (Å²) in [7, 11) is 0. The normalized spacial score (nSPS) is 11.2. The molecule has 28 heteroatoms. The average Bonchev–Trinajstić information content (AvgIpc) is 4.07. The lowest BCUT2D eigenvalue weighted by molar-refractivity contribution is 0.0676. The summed E-state index contributed by atoms with van der Waals surface area (Å²) in [5, 5.41) is 102. The Morgan fingerprint density at radius 1 is 0.631 bits per heavy atom. The maximum absolute atomic E-state index is 11.8. The second kappa shape index (κ2) is 17.4. The van der Waals surface area contributed by atoms with E-state index < -0.39 is 29.9 Å². The van der Waals surface area contributed by atoms with Gasteiger partial charge in [-0.1, -0.05) is 13.3 Å². The number of rotatable bonds is 15. The van der Waals surface area contributed by atoms with E-state index in [9.17, 15) is 55.2 Å². The summed E-state index contributed by atoms with van der Waals surface area (Å²) in [5.41, 5.74) is 11.1. The number of carboxylic acids is 4. The molecule has 0 aliphatic carbocycles. The quantitative estimate of drug-likeness (QED) is 0.0709. The van der Waals surface area contributed by atoms with Gasteiger partial charge in [-0.15, -0.1) is 20.5 Å². The Morgan fingerprint density at radius 2 is 1.09 bits per heavy atom. The molecule has 324 valence electrons. The number of aryl methyl sites for hydroxylation is 1. The summed E-state index contributed by atoms with van der Waals surface area (Å²) in [6.07, 6.45) is 4.94. The summed E-state index contributed by atoms with van der Waals surface area (Å²) in [5.74, 6) is -7.31. The van der Waals surface area contributed by atoms with Crippen molar-refractivity contribution in [2.24, 2.45) is 20.5 Å². The lowest BCUT2D eigenvalue weighted by Crippen LogP contribution is -2.13. The van der Waals surface area contributed by atoms with Crippen molar-refractivity contribution in [3.8, 4) is 41.4 Å². The largest absolute Gasteiger partial charge is 0.479 e. The first kappa shape index (κ1) is 42.9. The lowest BCUT2D eigenvalue weighted by atomic mass is 10.1. The molecule has 65 heavy (non-hydrogen) atoms. The van der Waals surface area contributed by atoms with Gasteiger partial charge >= 0.3 is 29.9 Å². The molecule has 0 radical (unpaired) electrons. The Morgan fingerprint density at radius 3 is 1.55 bits per heavy atom. The van der Waals surface area contributed by atoms with E-state index in [0.29, 0.717) is 12.8 Å². The molecule has 28 nitrogen and oxygen atoms in total. The molecule has 0 amide bonds. The number of benzene rings is 2. The molecule has 0 unspecified atom stereocenters. The van der Waals surface area contributed by atoms with Gasteiger partial charge in [0.15, 0.2) is 29.0 Å². The number of anilines is 2. The molecule has 0 saturated heterocycles. The van der Waals surface area contributed by atoms with Crippen LogP contribution in [0.15, 0.2) is 75.4 Å². The van der Waals surface area contributed by atoms with Crippen molar-refractivity contribution in [3.05, 3.63) is 94.1 Å². The van der Waals surface area contributed by atoms with Gasteiger partial charge in [-0.2, -0.15) is 55.2 Å². The van der Waals surface area contributed by atoms with Gasteiger partial charge in [-0.3, -0.25) is 0 Å². The van der Waals surface area contributed by atoms with Gasteiger partial charge in [0.2, 0.25) is 0 Å². The first-order valence-corrected chi connectivity index (χ1v) is 18.3. The van der Waals surface area contributed by atoms with Crippen molar-refractivity contribution in [2.75, 3.05) is 11.5 Å². The number of aromatic hydroxyl groups is 1. The van der Waals surface area contributed by atoms with Crippen LogP contribution >= 0.6 is 0 Å². The monoisotopic (exact) mass is 881 g/mol. The number of hydrogen-bond donors (Lipinski definition) is 7. The number of nitriles is 2. The van der Waals surface area contributed by atoms with Crippen LogP contribution in [-0.2, 0) is 6.42 Å². The Labute approximate surface area is 360 Å². The fourth-order valence-corrected chi connectivity index (χ4v) is 5.93. The Balaban J connectivity index is 1.25. The molecular formula is C37H27N19O9. The zero-order valence-electron chi connectivity index (χ0n) is 32.9. The molecule has 0 spiro atoms. The van der Waals surface area contributed by atoms with Crippen LogP contribution in [0.4, 0.5) is 34.6 Å². The number of nitrogens with two attached hydrogens (primary N) is 2. The maximum atomic E-state index is 11.8. The highest BCUT2D eigenvalue weighted by molar-refractivity contribution is 5.95. The van der Waals surface area contributed by atoms with Gasteiger partial charge in [0, 0.05) is 0 Å². The van der Waals surface area contributed by atoms with Gasteiger partial charge in [0.25, 0.3) is 11.9 Å². The lowest BCUT2D eigenvalue weighted by Gasteiger charge is -2.07. The van der Waals surface area contributed by atoms with E-state index in [4.69, 9.17) is 11.5 Å². The average molecular weight is 882 g/mol. The zero-order chi connectivity index (χ0) is 46.7. The highest BCUT2D eigenvalue weighted by atomic mass is 16.4. The van der Waals surface area contributed by atoms with E-state index in [2.05, 4.69) is 55.8 Å². The van der Waals surface area contributed by atoms with E-state index in [0.717, 1.165) is 73.7 Å². The van der Waals surface area contributed by atoms with E-state index >= 15 is 0 Å². The highest BCUT2D eigenvalue weighted by Gasteiger charge is 2.24. The van der Waals surface area contributed by atoms with Crippen molar-refractivity contribution < 1.29 is 44.7 Å². The zero-order valence-corrected chi connectivity index (χ0v) is 32.9. The van der Waals surface area contributed by atoms with Crippen LogP contribution in [0.1, 0.15) is 78.0 Å². The third-order valence-corrected chi connectivity index (χ3v) is 9.04. The SMILES string of the molecule is CCCCc1nn(-c2nc(O)nc(-n3ncc(N=Nc4c(C#N)cnn4-c4cc(C(=O)O)cc(C(=O)O)c4)c3N)n2)c(N)c1N=Nc1c(C#N)cnn1-c1cc(C(=O)O)cc(C(=O)O)c1. The number of aromatic carboxylic acids is 4. The van der Waals surface area contributed by atoms with Gasteiger partial charge in [-0.25, -0.2) is 28.5 Å². The third-order valence-electron chi connectivity index (χ3n) is 9.04. The molecule has 0 fully saturated rings. The molecule has 0 atom stereocenters. The third kappa shape index (κ3) is 8.42. The van der Waals surface area contributed by atoms with Crippen LogP contribution in [0.3, 0.4) is 0 Å². The predicted octanol–water partition coefficient (Wildman–Crippen LogP) is 4.19. The Hall–Kier alpha value is -10.3. The molecule has 7 rings (SSSR count). The number of nitrogens with zero attached hydrogens (tertiary/aromatic N) is 17. The topological polar surface area (TPSA) is 428 Å². The first-order chi connectivity index (χ1) is 31.1. The summed E-state index contributed by atoms with van der Waals surface area (Å²) < 4.78 is 3.99. The van der Waals surface area contributed by atoms with Gasteiger partial charge in [0.1, 0.15) is 29.0 Å². The molecule has 7 aromatic rings. The number of nitrogen functional groups attached to an aromatic ring is 2. The second-order valence-corrected chi connectivity index (χ2v) is 13.2. The molecule has 5 aromatic heterocycles. The van der Waals surface area contributed by atoms with Crippen LogP contribution in [0, 0.1) is 22.7 Å². The minimum absolute atomic E-state index is 0.0202. The molecule has 5 heterocycles. The van der Waals surface area contributed by atoms with Crippen molar-refractivity contribution >= 4 is 58.5 Å². The minimum atomic E-state index is -1.42. The van der Waals surface area contributed by atoms with Crippen LogP contribution in [-0.4, -0.2) is 103 Å². The number of unbranched alkanes of at least 4 members (excludes halogenated alkanes) is 1. The summed E-state index contributed by atoms with van der Waals surface area (Å²) in [6.45, 7) is 1.92. The highest BCUT2D eigenvalue weighted by Crippen LogP contribution is 2.34. The van der Waals surface area contributed by atoms with Gasteiger partial charge in [-0.05, 0) is 49.2 Å². The summed E-state index contributed by atoms with van der Waals surface area (Å²) in [6, 6.07) is 9.35. The van der Waals surface area contributed by atoms with E-state index in [-0.39, 0.29) is 103 Å². The standard InChI is InChI=1S/C37H27N19O9/c1-2-3-4-24-26(49-51-30-21(12-39)14-43-54(30)23-9-18(33(61)62)6-19(10-23)34(63)64)28(41)56(52-24)36-45-35(46-37(65)47-36)55-27(40)25(15-44-55)48-50-29-20(11-38)13-42-53(29)22-7-16(31(57)58)5-17(8-22)32(59)60/h5-10,13-15H,2-4,40-41H2,1H3,(H,57,58)(H,59,60)(H,61,62)(H,63,64)(H,45,46,47,65). The second-order valence-electron chi connectivity index (χ2n) is 13.2. The molecule has 0 saturated carbocycles. The predicted molar refractivity (Wildman–Crippen MR) is 216 cm³/mol. The molecular weight excluding hydrogens is 855 g/mol. The molecule has 0 aliphatic rings. The van der Waals surface area contributed by atoms with E-state index in [1.54, 1.807) is 0 Å². The van der Waals surface area contributed by atoms with Crippen LogP contribution < -0.4 is 11.5 Å². The molecule has 9 N–H and O–H groups in total. The van der Waals surface area contributed by atoms with Crippen LogP contribution in [0.25, 0.3) is 23.3 Å². The molecule has 0 bridgehead atoms. The summed E-state index contributed by atoms with van der Waals surface area (Å²) >= 11 is 0. The molecule has 2 aromatic carbocycles. The van der Waals surface area contributed by atoms with Crippen molar-refractivity contribution in [1.29, 1.82) is 10.5 Å². The first-order valence-electron chi connectivity index (χ1n) is 18.3. The fraction of sp³-hybridized carbons (Fsp3) is 0.108. The van der Waals surface area contributed by atoms with E-state index in [1.807, 2.05) is 19.1 Å². The number of carbonyl (C=O) groups is 4. The number of hydrogen-bond acceptors (Lipinski definition) is 20. The van der Waals surface area contributed by atoms with Crippen molar-refractivity contribution in [2.45, 2.75) is 26.2 Å². The number of carboxylic acid groups (broad SMARTS) is 4. The number of aromatic nitrogens is 11. The van der Waals surface area contributed by atoms with Crippen molar-refractivity contribution in [3.63, 3.8) is 0 Å². The smallest absolute Gasteiger partial charge is 0.335 e. The minimum Gasteiger partial charge on any atom is -0.479 e. The number of azo groups is 2. The molecule has 0 aliphatic heterocycles. The van der Waals surface area contributed by atoms with Crippen molar-refractivity contribution in [1.82, 2.24) is 54.1 Å². The van der Waals surface area contributed by atoms with Crippen LogP contribution in [0.5, 0.6) is 6.01 Å². The van der Waals surface area contributed by atoms with Crippen LogP contribution in [0.2, 0.25) is 0 Å². The fourth-order valence-electron chi connectivity index (χ4n) is 5.93. The Bertz CT molecular complexity index is 3190. The van der Waals surface area contributed by atoms with Gasteiger partial charge < -0.3 is 37.0 Å². The van der Waals surface area contributed by atoms with Gasteiger partial charge in [0.05, 0.1) is 57.9 Å². The Kier molecular flexibility index (Phi) is 11.5.